The molecule has 1 saturated carbocycles. The van der Waals surface area contributed by atoms with Crippen LogP contribution in [-0.4, -0.2) is 36.9 Å². The van der Waals surface area contributed by atoms with Crippen LogP contribution >= 0.6 is 12.2 Å². The molecule has 0 spiro atoms. The van der Waals surface area contributed by atoms with Gasteiger partial charge in [0.1, 0.15) is 0 Å². The minimum absolute atomic E-state index is 0.332. The molecule has 3 rings (SSSR count). The van der Waals surface area contributed by atoms with Crippen LogP contribution in [0.15, 0.2) is 24.3 Å². The van der Waals surface area contributed by atoms with E-state index in [-0.39, 0.29) is 0 Å². The number of hydrogen-bond acceptors (Lipinski definition) is 4. The molecule has 130 valence electrons. The van der Waals surface area contributed by atoms with E-state index in [0.29, 0.717) is 17.4 Å². The Balaban J connectivity index is 0.000000615. The summed E-state index contributed by atoms with van der Waals surface area (Å²) in [7, 11) is 1.50. The van der Waals surface area contributed by atoms with Crippen LogP contribution in [0.5, 0.6) is 0 Å². The van der Waals surface area contributed by atoms with Gasteiger partial charge in [-0.05, 0) is 54.6 Å². The highest BCUT2D eigenvalue weighted by atomic mass is 32.1. The Morgan fingerprint density at radius 3 is 2.39 bits per heavy atom. The molecular weight excluding hydrogens is 302 g/mol. The summed E-state index contributed by atoms with van der Waals surface area (Å²) >= 11 is 3.83. The first-order valence-electron chi connectivity index (χ1n) is 8.47. The van der Waals surface area contributed by atoms with Gasteiger partial charge < -0.3 is 11.5 Å². The highest BCUT2D eigenvalue weighted by Crippen LogP contribution is 2.40. The van der Waals surface area contributed by atoms with Crippen molar-refractivity contribution < 1.29 is 0 Å². The van der Waals surface area contributed by atoms with Crippen molar-refractivity contribution in [1.29, 1.82) is 0 Å². The predicted octanol–water partition coefficient (Wildman–Crippen LogP) is 3.00. The van der Waals surface area contributed by atoms with Crippen molar-refractivity contribution in [3.63, 3.8) is 0 Å². The smallest absolute Gasteiger partial charge is 0.0236 e. The normalized spacial score (nSPS) is 25.4. The van der Waals surface area contributed by atoms with Gasteiger partial charge in [0.15, 0.2) is 0 Å². The topological polar surface area (TPSA) is 55.3 Å². The van der Waals surface area contributed by atoms with Crippen molar-refractivity contribution in [1.82, 2.24) is 4.90 Å². The SMILES string of the molecule is C=S.CC1(C)CCC(CN2CCc3ccccc3C2)C1N.CN. The third-order valence-corrected chi connectivity index (χ3v) is 5.27. The second kappa shape index (κ2) is 9.48. The zero-order chi connectivity index (χ0) is 17.5. The van der Waals surface area contributed by atoms with E-state index in [1.165, 1.54) is 50.5 Å². The summed E-state index contributed by atoms with van der Waals surface area (Å²) in [6, 6.07) is 9.23. The number of rotatable bonds is 2. The Kier molecular flexibility index (Phi) is 8.34. The fraction of sp³-hybridized carbons (Fsp3) is 0.632. The van der Waals surface area contributed by atoms with Crippen LogP contribution in [0.3, 0.4) is 0 Å². The van der Waals surface area contributed by atoms with Crippen molar-refractivity contribution in [3.05, 3.63) is 35.4 Å². The summed E-state index contributed by atoms with van der Waals surface area (Å²) in [6.45, 7) is 8.13. The van der Waals surface area contributed by atoms with Crippen LogP contribution in [0.2, 0.25) is 0 Å². The maximum Gasteiger partial charge on any atom is 0.0236 e. The van der Waals surface area contributed by atoms with E-state index in [2.05, 4.69) is 66.8 Å². The molecule has 0 bridgehead atoms. The fourth-order valence-electron chi connectivity index (χ4n) is 3.79. The number of nitrogens with two attached hydrogens (primary N) is 2. The number of fused-ring (bicyclic) bond motifs is 1. The van der Waals surface area contributed by atoms with Gasteiger partial charge in [-0.25, -0.2) is 0 Å². The van der Waals surface area contributed by atoms with Gasteiger partial charge in [-0.1, -0.05) is 50.3 Å². The fourth-order valence-corrected chi connectivity index (χ4v) is 3.79. The monoisotopic (exact) mass is 335 g/mol. The molecule has 0 aromatic heterocycles. The van der Waals surface area contributed by atoms with E-state index in [1.807, 2.05) is 0 Å². The van der Waals surface area contributed by atoms with Crippen LogP contribution in [0, 0.1) is 11.3 Å². The van der Waals surface area contributed by atoms with Gasteiger partial charge in [0.2, 0.25) is 0 Å². The Hall–Kier alpha value is -0.810. The zero-order valence-corrected chi connectivity index (χ0v) is 15.7. The molecule has 2 unspecified atom stereocenters. The van der Waals surface area contributed by atoms with E-state index in [9.17, 15) is 0 Å². The lowest BCUT2D eigenvalue weighted by Gasteiger charge is -2.33. The van der Waals surface area contributed by atoms with E-state index < -0.39 is 0 Å². The highest BCUT2D eigenvalue weighted by molar-refractivity contribution is 7.77. The van der Waals surface area contributed by atoms with Gasteiger partial charge in [0.25, 0.3) is 0 Å². The molecular formula is C19H33N3S. The van der Waals surface area contributed by atoms with Crippen molar-refractivity contribution in [2.24, 2.45) is 22.8 Å². The minimum Gasteiger partial charge on any atom is -0.333 e. The third kappa shape index (κ3) is 5.08. The molecule has 4 N–H and O–H groups in total. The Morgan fingerprint density at radius 1 is 1.22 bits per heavy atom. The molecule has 23 heavy (non-hydrogen) atoms. The highest BCUT2D eigenvalue weighted by Gasteiger charge is 2.40. The molecule has 1 aliphatic heterocycles. The van der Waals surface area contributed by atoms with Gasteiger partial charge in [-0.15, -0.1) is 0 Å². The summed E-state index contributed by atoms with van der Waals surface area (Å²) in [6.07, 6.45) is 3.77. The minimum atomic E-state index is 0.332. The average molecular weight is 336 g/mol. The summed E-state index contributed by atoms with van der Waals surface area (Å²) in [4.78, 5) is 2.61. The van der Waals surface area contributed by atoms with Crippen LogP contribution in [0.25, 0.3) is 0 Å². The van der Waals surface area contributed by atoms with Crippen molar-refractivity contribution in [2.45, 2.75) is 45.7 Å². The maximum atomic E-state index is 6.44. The summed E-state index contributed by atoms with van der Waals surface area (Å²) in [5.74, 6) is 3.51. The van der Waals surface area contributed by atoms with Crippen LogP contribution in [-0.2, 0) is 13.0 Å². The first kappa shape index (κ1) is 20.2. The van der Waals surface area contributed by atoms with E-state index in [0.717, 1.165) is 6.54 Å². The van der Waals surface area contributed by atoms with Gasteiger partial charge in [0.05, 0.1) is 0 Å². The predicted molar refractivity (Wildman–Crippen MR) is 105 cm³/mol. The first-order chi connectivity index (χ1) is 11.1. The molecule has 0 amide bonds. The standard InChI is InChI=1S/C17H26N2.CH5N.CH2S/c1-17(2)9-7-15(16(17)18)12-19-10-8-13-5-3-4-6-14(13)11-19;2*1-2/h3-6,15-16H,7-12,18H2,1-2H3;2H2,1H3;1H2. The van der Waals surface area contributed by atoms with Crippen molar-refractivity contribution in [3.8, 4) is 0 Å². The van der Waals surface area contributed by atoms with E-state index in [4.69, 9.17) is 5.73 Å². The quantitative estimate of drug-likeness (QED) is 0.816. The van der Waals surface area contributed by atoms with Gasteiger partial charge in [-0.3, -0.25) is 4.90 Å². The lowest BCUT2D eigenvalue weighted by molar-refractivity contribution is 0.191. The molecule has 1 heterocycles. The molecule has 3 nitrogen and oxygen atoms in total. The van der Waals surface area contributed by atoms with Crippen LogP contribution in [0.1, 0.15) is 37.8 Å². The molecule has 0 radical (unpaired) electrons. The molecule has 1 fully saturated rings. The number of hydrogen-bond donors (Lipinski definition) is 2. The van der Waals surface area contributed by atoms with Gasteiger partial charge >= 0.3 is 0 Å². The summed E-state index contributed by atoms with van der Waals surface area (Å²) in [5, 5.41) is 0. The Morgan fingerprint density at radius 2 is 1.83 bits per heavy atom. The summed E-state index contributed by atoms with van der Waals surface area (Å²) in [5.41, 5.74) is 14.3. The second-order valence-corrected chi connectivity index (χ2v) is 7.07. The number of nitrogens with zero attached hydrogens (tertiary/aromatic N) is 1. The van der Waals surface area contributed by atoms with Crippen molar-refractivity contribution >= 4 is 18.1 Å². The lowest BCUT2D eigenvalue weighted by Crippen LogP contribution is -2.43. The lowest BCUT2D eigenvalue weighted by atomic mass is 9.85. The summed E-state index contributed by atoms with van der Waals surface area (Å²) < 4.78 is 0. The van der Waals surface area contributed by atoms with Crippen molar-refractivity contribution in [2.75, 3.05) is 20.1 Å². The van der Waals surface area contributed by atoms with E-state index >= 15 is 0 Å². The van der Waals surface area contributed by atoms with Gasteiger partial charge in [-0.2, -0.15) is 0 Å². The zero-order valence-electron chi connectivity index (χ0n) is 14.9. The molecule has 1 aromatic carbocycles. The van der Waals surface area contributed by atoms with Crippen LogP contribution in [0.4, 0.5) is 0 Å². The Bertz CT molecular complexity index is 475. The number of benzene rings is 1. The second-order valence-electron chi connectivity index (χ2n) is 7.07. The molecule has 1 aliphatic carbocycles. The van der Waals surface area contributed by atoms with Crippen LogP contribution < -0.4 is 11.5 Å². The Labute approximate surface area is 147 Å². The third-order valence-electron chi connectivity index (χ3n) is 5.27. The maximum absolute atomic E-state index is 6.44. The molecule has 2 atom stereocenters. The number of thiocarbonyl (C=S) groups is 1. The molecule has 2 aliphatic rings. The average Bonchev–Trinajstić information content (AvgIpc) is 2.85. The molecule has 0 saturated heterocycles. The van der Waals surface area contributed by atoms with Gasteiger partial charge in [0, 0.05) is 25.7 Å². The van der Waals surface area contributed by atoms with E-state index in [1.54, 1.807) is 0 Å². The largest absolute Gasteiger partial charge is 0.333 e. The molecule has 4 heteroatoms. The molecule has 1 aromatic rings. The first-order valence-corrected chi connectivity index (χ1v) is 9.05.